The van der Waals surface area contributed by atoms with E-state index < -0.39 is 0 Å². The summed E-state index contributed by atoms with van der Waals surface area (Å²) >= 11 is 1.79. The maximum atomic E-state index is 5.45. The third kappa shape index (κ3) is 4.22. The molecule has 0 spiro atoms. The van der Waals surface area contributed by atoms with Gasteiger partial charge in [-0.1, -0.05) is 6.07 Å². The summed E-state index contributed by atoms with van der Waals surface area (Å²) in [5.74, 6) is 0. The van der Waals surface area contributed by atoms with Crippen LogP contribution in [0.5, 0.6) is 0 Å². The molecule has 0 aliphatic rings. The van der Waals surface area contributed by atoms with E-state index in [-0.39, 0.29) is 0 Å². The SMILES string of the molecule is CC(C)OCCN[C@H](C)c1cccs1. The molecule has 0 saturated carbocycles. The van der Waals surface area contributed by atoms with E-state index in [4.69, 9.17) is 4.74 Å². The molecule has 80 valence electrons. The first-order chi connectivity index (χ1) is 6.70. The number of hydrogen-bond acceptors (Lipinski definition) is 3. The largest absolute Gasteiger partial charge is 0.377 e. The Kier molecular flexibility index (Phi) is 5.15. The quantitative estimate of drug-likeness (QED) is 0.734. The molecular formula is C11H19NOS. The first-order valence-electron chi connectivity index (χ1n) is 5.08. The third-order valence-electron chi connectivity index (χ3n) is 1.97. The predicted molar refractivity (Wildman–Crippen MR) is 61.8 cm³/mol. The molecule has 0 unspecified atom stereocenters. The van der Waals surface area contributed by atoms with Crippen molar-refractivity contribution >= 4 is 11.3 Å². The van der Waals surface area contributed by atoms with Gasteiger partial charge < -0.3 is 10.1 Å². The van der Waals surface area contributed by atoms with E-state index in [0.29, 0.717) is 12.1 Å². The zero-order valence-corrected chi connectivity index (χ0v) is 9.93. The van der Waals surface area contributed by atoms with Crippen molar-refractivity contribution in [3.63, 3.8) is 0 Å². The van der Waals surface area contributed by atoms with Crippen molar-refractivity contribution < 1.29 is 4.74 Å². The number of thiophene rings is 1. The molecule has 2 nitrogen and oxygen atoms in total. The Morgan fingerprint density at radius 3 is 2.79 bits per heavy atom. The van der Waals surface area contributed by atoms with Gasteiger partial charge in [0.05, 0.1) is 12.7 Å². The molecule has 0 amide bonds. The highest BCUT2D eigenvalue weighted by molar-refractivity contribution is 7.10. The highest BCUT2D eigenvalue weighted by atomic mass is 32.1. The Balaban J connectivity index is 2.13. The van der Waals surface area contributed by atoms with Crippen LogP contribution in [0, 0.1) is 0 Å². The predicted octanol–water partition coefficient (Wildman–Crippen LogP) is 2.82. The Morgan fingerprint density at radius 2 is 2.21 bits per heavy atom. The first kappa shape index (κ1) is 11.7. The van der Waals surface area contributed by atoms with E-state index in [2.05, 4.69) is 43.6 Å². The van der Waals surface area contributed by atoms with Crippen molar-refractivity contribution in [2.45, 2.75) is 32.9 Å². The maximum Gasteiger partial charge on any atom is 0.0594 e. The highest BCUT2D eigenvalue weighted by Gasteiger charge is 2.04. The summed E-state index contributed by atoms with van der Waals surface area (Å²) in [4.78, 5) is 1.38. The third-order valence-corrected chi connectivity index (χ3v) is 3.03. The number of hydrogen-bond donors (Lipinski definition) is 1. The molecule has 14 heavy (non-hydrogen) atoms. The fourth-order valence-electron chi connectivity index (χ4n) is 1.21. The minimum absolute atomic E-state index is 0.328. The van der Waals surface area contributed by atoms with Gasteiger partial charge in [-0.05, 0) is 32.2 Å². The van der Waals surface area contributed by atoms with E-state index in [1.807, 2.05) is 0 Å². The van der Waals surface area contributed by atoms with Crippen LogP contribution in [0.15, 0.2) is 17.5 Å². The fourth-order valence-corrected chi connectivity index (χ4v) is 1.97. The molecule has 1 aromatic rings. The Hall–Kier alpha value is -0.380. The molecule has 1 heterocycles. The van der Waals surface area contributed by atoms with Crippen LogP contribution in [0.4, 0.5) is 0 Å². The molecule has 1 rings (SSSR count). The van der Waals surface area contributed by atoms with Crippen molar-refractivity contribution in [1.29, 1.82) is 0 Å². The van der Waals surface area contributed by atoms with Crippen LogP contribution in [-0.4, -0.2) is 19.3 Å². The Bertz CT molecular complexity index is 233. The van der Waals surface area contributed by atoms with Gasteiger partial charge in [0.25, 0.3) is 0 Å². The average molecular weight is 213 g/mol. The summed E-state index contributed by atoms with van der Waals surface area (Å²) in [6, 6.07) is 4.68. The van der Waals surface area contributed by atoms with Gasteiger partial charge in [-0.25, -0.2) is 0 Å². The second-order valence-electron chi connectivity index (χ2n) is 3.61. The summed E-state index contributed by atoms with van der Waals surface area (Å²) in [5, 5.41) is 5.54. The maximum absolute atomic E-state index is 5.45. The minimum atomic E-state index is 0.328. The van der Waals surface area contributed by atoms with E-state index in [1.54, 1.807) is 11.3 Å². The molecule has 3 heteroatoms. The number of nitrogens with one attached hydrogen (secondary N) is 1. The Labute approximate surface area is 90.3 Å². The normalized spacial score (nSPS) is 13.4. The van der Waals surface area contributed by atoms with Gasteiger partial charge in [0.1, 0.15) is 0 Å². The minimum Gasteiger partial charge on any atom is -0.377 e. The molecule has 0 aliphatic carbocycles. The van der Waals surface area contributed by atoms with Gasteiger partial charge in [-0.2, -0.15) is 0 Å². The van der Waals surface area contributed by atoms with Crippen molar-refractivity contribution in [3.8, 4) is 0 Å². The van der Waals surface area contributed by atoms with E-state index in [9.17, 15) is 0 Å². The summed E-state index contributed by atoms with van der Waals surface area (Å²) in [6.07, 6.45) is 0.328. The van der Waals surface area contributed by atoms with Gasteiger partial charge in [0.2, 0.25) is 0 Å². The van der Waals surface area contributed by atoms with Crippen LogP contribution in [0.2, 0.25) is 0 Å². The lowest BCUT2D eigenvalue weighted by molar-refractivity contribution is 0.0797. The van der Waals surface area contributed by atoms with Gasteiger partial charge in [-0.3, -0.25) is 0 Å². The van der Waals surface area contributed by atoms with Crippen molar-refractivity contribution in [2.24, 2.45) is 0 Å². The summed E-state index contributed by atoms with van der Waals surface area (Å²) < 4.78 is 5.45. The van der Waals surface area contributed by atoms with Crippen LogP contribution in [0.25, 0.3) is 0 Å². The highest BCUT2D eigenvalue weighted by Crippen LogP contribution is 2.17. The van der Waals surface area contributed by atoms with Crippen molar-refractivity contribution in [3.05, 3.63) is 22.4 Å². The fraction of sp³-hybridized carbons (Fsp3) is 0.636. The smallest absolute Gasteiger partial charge is 0.0594 e. The van der Waals surface area contributed by atoms with Crippen LogP contribution in [0.1, 0.15) is 31.7 Å². The summed E-state index contributed by atoms with van der Waals surface area (Å²) in [7, 11) is 0. The standard InChI is InChI=1S/C11H19NOS/c1-9(2)13-7-6-12-10(3)11-5-4-8-14-11/h4-5,8-10,12H,6-7H2,1-3H3/t10-/m1/s1. The van der Waals surface area contributed by atoms with E-state index in [0.717, 1.165) is 13.2 Å². The van der Waals surface area contributed by atoms with Crippen molar-refractivity contribution in [2.75, 3.05) is 13.2 Å². The molecule has 1 aromatic heterocycles. The molecular weight excluding hydrogens is 194 g/mol. The lowest BCUT2D eigenvalue weighted by Crippen LogP contribution is -2.23. The van der Waals surface area contributed by atoms with Gasteiger partial charge >= 0.3 is 0 Å². The zero-order chi connectivity index (χ0) is 10.4. The average Bonchev–Trinajstić information content (AvgIpc) is 2.64. The van der Waals surface area contributed by atoms with Crippen LogP contribution < -0.4 is 5.32 Å². The van der Waals surface area contributed by atoms with E-state index in [1.165, 1.54) is 4.88 Å². The molecule has 0 bridgehead atoms. The molecule has 0 aliphatic heterocycles. The van der Waals surface area contributed by atoms with E-state index >= 15 is 0 Å². The second kappa shape index (κ2) is 6.17. The summed E-state index contributed by atoms with van der Waals surface area (Å²) in [6.45, 7) is 8.00. The van der Waals surface area contributed by atoms with Crippen LogP contribution >= 0.6 is 11.3 Å². The van der Waals surface area contributed by atoms with Crippen LogP contribution in [-0.2, 0) is 4.74 Å². The van der Waals surface area contributed by atoms with Crippen LogP contribution in [0.3, 0.4) is 0 Å². The lowest BCUT2D eigenvalue weighted by atomic mass is 10.3. The zero-order valence-electron chi connectivity index (χ0n) is 9.12. The molecule has 1 N–H and O–H groups in total. The summed E-state index contributed by atoms with van der Waals surface area (Å²) in [5.41, 5.74) is 0. The van der Waals surface area contributed by atoms with Gasteiger partial charge in [-0.15, -0.1) is 11.3 Å². The molecule has 0 radical (unpaired) electrons. The Morgan fingerprint density at radius 1 is 1.43 bits per heavy atom. The molecule has 1 atom stereocenters. The number of ether oxygens (including phenoxy) is 1. The second-order valence-corrected chi connectivity index (χ2v) is 4.59. The van der Waals surface area contributed by atoms with Gasteiger partial charge in [0.15, 0.2) is 0 Å². The molecule has 0 aromatic carbocycles. The molecule has 0 saturated heterocycles. The monoisotopic (exact) mass is 213 g/mol. The molecule has 0 fully saturated rings. The van der Waals surface area contributed by atoms with Crippen molar-refractivity contribution in [1.82, 2.24) is 5.32 Å². The first-order valence-corrected chi connectivity index (χ1v) is 5.96. The number of rotatable bonds is 6. The topological polar surface area (TPSA) is 21.3 Å². The lowest BCUT2D eigenvalue weighted by Gasteiger charge is -2.13. The van der Waals surface area contributed by atoms with Gasteiger partial charge in [0, 0.05) is 17.5 Å².